The molecule has 1 rings (SSSR count). The molecule has 0 radical (unpaired) electrons. The van der Waals surface area contributed by atoms with Crippen LogP contribution in [0.5, 0.6) is 0 Å². The van der Waals surface area contributed by atoms with E-state index < -0.39 is 0 Å². The van der Waals surface area contributed by atoms with Crippen LogP contribution in [0.1, 0.15) is 37.9 Å². The molecular formula is C14H23ClN2. The Bertz CT molecular complexity index is 363. The van der Waals surface area contributed by atoms with Gasteiger partial charge in [0, 0.05) is 23.7 Å². The van der Waals surface area contributed by atoms with Gasteiger partial charge in [0.1, 0.15) is 0 Å². The normalized spacial score (nSPS) is 13.4. The Balaban J connectivity index is 3.08. The van der Waals surface area contributed by atoms with Gasteiger partial charge >= 0.3 is 0 Å². The van der Waals surface area contributed by atoms with Gasteiger partial charge in [0.2, 0.25) is 0 Å². The van der Waals surface area contributed by atoms with Crippen LogP contribution in [0.25, 0.3) is 0 Å². The SMILES string of the molecule is CCN(C(C)C)C(CN)c1ccc(Cl)cc1C. The number of likely N-dealkylation sites (N-methyl/N-ethyl adjacent to an activating group) is 1. The third-order valence-corrected chi connectivity index (χ3v) is 3.48. The van der Waals surface area contributed by atoms with E-state index in [4.69, 9.17) is 17.3 Å². The van der Waals surface area contributed by atoms with Crippen molar-refractivity contribution in [3.05, 3.63) is 34.3 Å². The highest BCUT2D eigenvalue weighted by Crippen LogP contribution is 2.26. The Morgan fingerprint density at radius 3 is 2.41 bits per heavy atom. The van der Waals surface area contributed by atoms with Crippen molar-refractivity contribution < 1.29 is 0 Å². The van der Waals surface area contributed by atoms with Crippen LogP contribution in [0, 0.1) is 6.92 Å². The second-order valence-corrected chi connectivity index (χ2v) is 5.11. The lowest BCUT2D eigenvalue weighted by atomic mass is 9.99. The van der Waals surface area contributed by atoms with Crippen LogP contribution in [0.15, 0.2) is 18.2 Å². The van der Waals surface area contributed by atoms with Crippen LogP contribution >= 0.6 is 11.6 Å². The van der Waals surface area contributed by atoms with Crippen molar-refractivity contribution in [2.75, 3.05) is 13.1 Å². The molecule has 0 saturated carbocycles. The summed E-state index contributed by atoms with van der Waals surface area (Å²) in [6.45, 7) is 10.3. The van der Waals surface area contributed by atoms with Crippen LogP contribution in [-0.4, -0.2) is 24.0 Å². The first-order valence-electron chi connectivity index (χ1n) is 6.23. The summed E-state index contributed by atoms with van der Waals surface area (Å²) in [7, 11) is 0. The molecule has 0 saturated heterocycles. The Kier molecular flexibility index (Phi) is 5.44. The fourth-order valence-corrected chi connectivity index (χ4v) is 2.63. The summed E-state index contributed by atoms with van der Waals surface area (Å²) in [6, 6.07) is 6.81. The molecule has 1 unspecified atom stereocenters. The molecular weight excluding hydrogens is 232 g/mol. The minimum atomic E-state index is 0.275. The molecule has 0 amide bonds. The van der Waals surface area contributed by atoms with Gasteiger partial charge in [-0.05, 0) is 50.6 Å². The maximum atomic E-state index is 6.00. The average molecular weight is 255 g/mol. The highest BCUT2D eigenvalue weighted by atomic mass is 35.5. The van der Waals surface area contributed by atoms with Gasteiger partial charge in [0.15, 0.2) is 0 Å². The second kappa shape index (κ2) is 6.39. The molecule has 3 heteroatoms. The van der Waals surface area contributed by atoms with Crippen LogP contribution < -0.4 is 5.73 Å². The van der Waals surface area contributed by atoms with Crippen molar-refractivity contribution in [2.45, 2.75) is 39.8 Å². The summed E-state index contributed by atoms with van der Waals surface area (Å²) < 4.78 is 0. The standard InChI is InChI=1S/C14H23ClN2/c1-5-17(10(2)3)14(9-16)13-7-6-12(15)8-11(13)4/h6-8,10,14H,5,9,16H2,1-4H3. The van der Waals surface area contributed by atoms with Gasteiger partial charge in [-0.15, -0.1) is 0 Å². The third-order valence-electron chi connectivity index (χ3n) is 3.24. The number of nitrogens with two attached hydrogens (primary N) is 1. The highest BCUT2D eigenvalue weighted by Gasteiger charge is 2.21. The molecule has 0 bridgehead atoms. The van der Waals surface area contributed by atoms with E-state index in [-0.39, 0.29) is 6.04 Å². The molecule has 1 aromatic carbocycles. The zero-order valence-electron chi connectivity index (χ0n) is 11.2. The molecule has 0 aliphatic carbocycles. The topological polar surface area (TPSA) is 29.3 Å². The lowest BCUT2D eigenvalue weighted by molar-refractivity contribution is 0.166. The Morgan fingerprint density at radius 2 is 2.00 bits per heavy atom. The van der Waals surface area contributed by atoms with E-state index in [0.29, 0.717) is 12.6 Å². The molecule has 2 nitrogen and oxygen atoms in total. The fourth-order valence-electron chi connectivity index (χ4n) is 2.40. The number of benzene rings is 1. The van der Waals surface area contributed by atoms with Crippen molar-refractivity contribution in [3.8, 4) is 0 Å². The monoisotopic (exact) mass is 254 g/mol. The minimum Gasteiger partial charge on any atom is -0.329 e. The second-order valence-electron chi connectivity index (χ2n) is 4.68. The average Bonchev–Trinajstić information content (AvgIpc) is 2.26. The molecule has 96 valence electrons. The summed E-state index contributed by atoms with van der Waals surface area (Å²) in [4.78, 5) is 2.41. The Morgan fingerprint density at radius 1 is 1.35 bits per heavy atom. The van der Waals surface area contributed by atoms with Crippen LogP contribution in [0.4, 0.5) is 0 Å². The van der Waals surface area contributed by atoms with Crippen LogP contribution in [-0.2, 0) is 0 Å². The van der Waals surface area contributed by atoms with E-state index >= 15 is 0 Å². The first-order valence-corrected chi connectivity index (χ1v) is 6.60. The molecule has 1 aromatic rings. The van der Waals surface area contributed by atoms with Gasteiger partial charge in [-0.25, -0.2) is 0 Å². The van der Waals surface area contributed by atoms with Crippen LogP contribution in [0.3, 0.4) is 0 Å². The molecule has 17 heavy (non-hydrogen) atoms. The number of hydrogen-bond acceptors (Lipinski definition) is 2. The summed E-state index contributed by atoms with van der Waals surface area (Å²) in [5.74, 6) is 0. The zero-order valence-corrected chi connectivity index (χ0v) is 12.0. The molecule has 1 atom stereocenters. The number of halogens is 1. The Hall–Kier alpha value is -0.570. The lowest BCUT2D eigenvalue weighted by Crippen LogP contribution is -2.38. The molecule has 0 heterocycles. The summed E-state index contributed by atoms with van der Waals surface area (Å²) >= 11 is 6.00. The van der Waals surface area contributed by atoms with Gasteiger partial charge in [0.25, 0.3) is 0 Å². The minimum absolute atomic E-state index is 0.275. The number of hydrogen-bond donors (Lipinski definition) is 1. The predicted octanol–water partition coefficient (Wildman–Crippen LogP) is 3.38. The van der Waals surface area contributed by atoms with Crippen molar-refractivity contribution in [1.29, 1.82) is 0 Å². The molecule has 0 fully saturated rings. The van der Waals surface area contributed by atoms with E-state index in [1.54, 1.807) is 0 Å². The first kappa shape index (κ1) is 14.5. The quantitative estimate of drug-likeness (QED) is 0.873. The van der Waals surface area contributed by atoms with Gasteiger partial charge in [0.05, 0.1) is 0 Å². The molecule has 0 aromatic heterocycles. The molecule has 2 N–H and O–H groups in total. The van der Waals surface area contributed by atoms with Gasteiger partial charge in [-0.1, -0.05) is 24.6 Å². The first-order chi connectivity index (χ1) is 8.01. The zero-order chi connectivity index (χ0) is 13.0. The highest BCUT2D eigenvalue weighted by molar-refractivity contribution is 6.30. The number of nitrogens with zero attached hydrogens (tertiary/aromatic N) is 1. The van der Waals surface area contributed by atoms with Gasteiger partial charge < -0.3 is 5.73 Å². The smallest absolute Gasteiger partial charge is 0.0475 e. The van der Waals surface area contributed by atoms with E-state index in [9.17, 15) is 0 Å². The molecule has 0 aliphatic rings. The van der Waals surface area contributed by atoms with Crippen molar-refractivity contribution in [2.24, 2.45) is 5.73 Å². The van der Waals surface area contributed by atoms with E-state index in [1.807, 2.05) is 12.1 Å². The van der Waals surface area contributed by atoms with Crippen LogP contribution in [0.2, 0.25) is 5.02 Å². The van der Waals surface area contributed by atoms with E-state index in [1.165, 1.54) is 11.1 Å². The van der Waals surface area contributed by atoms with Crippen molar-refractivity contribution in [1.82, 2.24) is 4.90 Å². The van der Waals surface area contributed by atoms with Crippen molar-refractivity contribution in [3.63, 3.8) is 0 Å². The maximum absolute atomic E-state index is 6.00. The van der Waals surface area contributed by atoms with E-state index in [2.05, 4.69) is 38.7 Å². The van der Waals surface area contributed by atoms with Gasteiger partial charge in [-0.2, -0.15) is 0 Å². The number of rotatable bonds is 5. The third kappa shape index (κ3) is 3.44. The Labute approximate surface area is 110 Å². The maximum Gasteiger partial charge on any atom is 0.0475 e. The lowest BCUT2D eigenvalue weighted by Gasteiger charge is -2.34. The molecule has 0 aliphatic heterocycles. The largest absolute Gasteiger partial charge is 0.329 e. The van der Waals surface area contributed by atoms with E-state index in [0.717, 1.165) is 11.6 Å². The fraction of sp³-hybridized carbons (Fsp3) is 0.571. The molecule has 0 spiro atoms. The predicted molar refractivity (Wildman–Crippen MR) is 75.5 cm³/mol. The summed E-state index contributed by atoms with van der Waals surface area (Å²) in [6.07, 6.45) is 0. The van der Waals surface area contributed by atoms with Gasteiger partial charge in [-0.3, -0.25) is 4.90 Å². The summed E-state index contributed by atoms with van der Waals surface area (Å²) in [5.41, 5.74) is 8.45. The number of aryl methyl sites for hydroxylation is 1. The van der Waals surface area contributed by atoms with Crippen molar-refractivity contribution >= 4 is 11.6 Å². The summed E-state index contributed by atoms with van der Waals surface area (Å²) in [5, 5.41) is 0.787.